The highest BCUT2D eigenvalue weighted by atomic mass is 35.5. The van der Waals surface area contributed by atoms with E-state index < -0.39 is 5.82 Å². The average Bonchev–Trinajstić information content (AvgIpc) is 3.11. The van der Waals surface area contributed by atoms with Crippen LogP contribution in [0.5, 0.6) is 0 Å². The van der Waals surface area contributed by atoms with E-state index in [2.05, 4.69) is 22.0 Å². The van der Waals surface area contributed by atoms with Crippen LogP contribution in [-0.2, 0) is 0 Å². The quantitative estimate of drug-likeness (QED) is 0.444. The average molecular weight is 391 g/mol. The smallest absolute Gasteiger partial charge is 0.157 e. The van der Waals surface area contributed by atoms with Crippen molar-refractivity contribution in [3.63, 3.8) is 0 Å². The van der Waals surface area contributed by atoms with Gasteiger partial charge in [-0.1, -0.05) is 41.4 Å². The second kappa shape index (κ2) is 7.48. The third-order valence-corrected chi connectivity index (χ3v) is 4.61. The molecule has 2 aromatic heterocycles. The van der Waals surface area contributed by atoms with Crippen LogP contribution in [0.4, 0.5) is 10.1 Å². The van der Waals surface area contributed by atoms with Gasteiger partial charge in [0.05, 0.1) is 5.02 Å². The number of benzene rings is 1. The van der Waals surface area contributed by atoms with Crippen LogP contribution in [-0.4, -0.2) is 20.8 Å². The summed E-state index contributed by atoms with van der Waals surface area (Å²) in [7, 11) is 0. The Labute approximate surface area is 161 Å². The molecule has 0 spiro atoms. The van der Waals surface area contributed by atoms with E-state index in [4.69, 9.17) is 23.2 Å². The van der Waals surface area contributed by atoms with Crippen molar-refractivity contribution in [2.75, 3.05) is 5.32 Å². The molecule has 3 aromatic rings. The lowest BCUT2D eigenvalue weighted by atomic mass is 10.0. The molecule has 0 amide bonds. The molecule has 1 atom stereocenters. The molecule has 2 heterocycles. The van der Waals surface area contributed by atoms with Crippen LogP contribution in [0.15, 0.2) is 54.9 Å². The van der Waals surface area contributed by atoms with Crippen LogP contribution in [0.1, 0.15) is 13.8 Å². The van der Waals surface area contributed by atoms with E-state index in [0.29, 0.717) is 17.1 Å². The highest BCUT2D eigenvalue weighted by Crippen LogP contribution is 2.40. The Balaban J connectivity index is 2.24. The van der Waals surface area contributed by atoms with Gasteiger partial charge in [-0.15, -0.1) is 0 Å². The number of hydrogen-bond donors (Lipinski definition) is 1. The molecular formula is C19H17Cl2FN4. The van der Waals surface area contributed by atoms with Gasteiger partial charge in [0.1, 0.15) is 11.0 Å². The van der Waals surface area contributed by atoms with Gasteiger partial charge >= 0.3 is 0 Å². The van der Waals surface area contributed by atoms with Crippen LogP contribution in [0.3, 0.4) is 0 Å². The van der Waals surface area contributed by atoms with Crippen LogP contribution in [0.2, 0.25) is 10.2 Å². The zero-order valence-electron chi connectivity index (χ0n) is 14.3. The predicted octanol–water partition coefficient (Wildman–Crippen LogP) is 5.76. The third kappa shape index (κ3) is 3.59. The second-order valence-corrected chi connectivity index (χ2v) is 6.72. The van der Waals surface area contributed by atoms with Gasteiger partial charge in [-0.05, 0) is 32.0 Å². The maximum absolute atomic E-state index is 14.5. The fraction of sp³-hybridized carbons (Fsp3) is 0.158. The Hall–Kier alpha value is -2.37. The van der Waals surface area contributed by atoms with Crippen molar-refractivity contribution >= 4 is 28.9 Å². The first-order chi connectivity index (χ1) is 12.4. The third-order valence-electron chi connectivity index (χ3n) is 4.02. The van der Waals surface area contributed by atoms with Crippen molar-refractivity contribution in [1.82, 2.24) is 14.8 Å². The first-order valence-electron chi connectivity index (χ1n) is 7.95. The number of rotatable bonds is 5. The SMILES string of the molecule is C=C(C)C(C)Nc1cc(-n2cccn2)nc(Cl)c1-c1c(F)cccc1Cl. The van der Waals surface area contributed by atoms with Crippen LogP contribution in [0, 0.1) is 5.82 Å². The van der Waals surface area contributed by atoms with Gasteiger partial charge < -0.3 is 5.32 Å². The van der Waals surface area contributed by atoms with Gasteiger partial charge in [-0.2, -0.15) is 5.10 Å². The number of pyridine rings is 1. The number of halogens is 3. The number of nitrogens with one attached hydrogen (secondary N) is 1. The Morgan fingerprint density at radius 1 is 1.27 bits per heavy atom. The normalized spacial score (nSPS) is 12.0. The summed E-state index contributed by atoms with van der Waals surface area (Å²) in [6, 6.07) is 7.97. The van der Waals surface area contributed by atoms with E-state index in [-0.39, 0.29) is 21.8 Å². The molecule has 0 aliphatic carbocycles. The van der Waals surface area contributed by atoms with Crippen molar-refractivity contribution in [1.29, 1.82) is 0 Å². The van der Waals surface area contributed by atoms with Crippen LogP contribution < -0.4 is 5.32 Å². The monoisotopic (exact) mass is 390 g/mol. The molecule has 134 valence electrons. The Kier molecular flexibility index (Phi) is 5.30. The van der Waals surface area contributed by atoms with E-state index >= 15 is 0 Å². The lowest BCUT2D eigenvalue weighted by Gasteiger charge is -2.21. The molecule has 7 heteroatoms. The number of hydrogen-bond acceptors (Lipinski definition) is 3. The predicted molar refractivity (Wildman–Crippen MR) is 105 cm³/mol. The molecule has 4 nitrogen and oxygen atoms in total. The van der Waals surface area contributed by atoms with Crippen molar-refractivity contribution in [3.05, 3.63) is 70.9 Å². The van der Waals surface area contributed by atoms with Gasteiger partial charge in [0.2, 0.25) is 0 Å². The molecule has 3 rings (SSSR count). The Morgan fingerprint density at radius 2 is 2.04 bits per heavy atom. The van der Waals surface area contributed by atoms with E-state index in [9.17, 15) is 4.39 Å². The van der Waals surface area contributed by atoms with Crippen molar-refractivity contribution in [2.24, 2.45) is 0 Å². The molecule has 26 heavy (non-hydrogen) atoms. The molecule has 0 radical (unpaired) electrons. The molecular weight excluding hydrogens is 374 g/mol. The minimum atomic E-state index is -0.473. The fourth-order valence-electron chi connectivity index (χ4n) is 2.47. The van der Waals surface area contributed by atoms with E-state index in [1.165, 1.54) is 6.07 Å². The minimum Gasteiger partial charge on any atom is -0.378 e. The summed E-state index contributed by atoms with van der Waals surface area (Å²) in [5.74, 6) is 0.0340. The summed E-state index contributed by atoms with van der Waals surface area (Å²) in [4.78, 5) is 4.37. The Bertz CT molecular complexity index is 934. The second-order valence-electron chi connectivity index (χ2n) is 5.95. The lowest BCUT2D eigenvalue weighted by molar-refractivity contribution is 0.631. The van der Waals surface area contributed by atoms with E-state index in [1.54, 1.807) is 41.3 Å². The molecule has 1 unspecified atom stereocenters. The minimum absolute atomic E-state index is 0.0664. The zero-order chi connectivity index (χ0) is 18.8. The topological polar surface area (TPSA) is 42.7 Å². The van der Waals surface area contributed by atoms with Gasteiger partial charge in [0.15, 0.2) is 5.82 Å². The molecule has 0 fully saturated rings. The highest BCUT2D eigenvalue weighted by molar-refractivity contribution is 6.36. The number of nitrogens with zero attached hydrogens (tertiary/aromatic N) is 3. The van der Waals surface area contributed by atoms with E-state index in [0.717, 1.165) is 5.57 Å². The van der Waals surface area contributed by atoms with Crippen molar-refractivity contribution < 1.29 is 4.39 Å². The summed E-state index contributed by atoms with van der Waals surface area (Å²) in [6.45, 7) is 7.82. The largest absolute Gasteiger partial charge is 0.378 e. The van der Waals surface area contributed by atoms with Gasteiger partial charge in [0.25, 0.3) is 0 Å². The standard InChI is InChI=1S/C19H17Cl2FN4/c1-11(2)12(3)24-15-10-16(26-9-5-8-23-26)25-19(21)18(15)17-13(20)6-4-7-14(17)22/h4-10,12H,1H2,2-3H3,(H,24,25). The number of aromatic nitrogens is 3. The summed E-state index contributed by atoms with van der Waals surface area (Å²) in [5, 5.41) is 7.87. The summed E-state index contributed by atoms with van der Waals surface area (Å²) in [5.41, 5.74) is 2.12. The van der Waals surface area contributed by atoms with E-state index in [1.807, 2.05) is 13.8 Å². The molecule has 0 aliphatic heterocycles. The fourth-order valence-corrected chi connectivity index (χ4v) is 3.01. The molecule has 0 aliphatic rings. The number of anilines is 1. The molecule has 0 bridgehead atoms. The van der Waals surface area contributed by atoms with Gasteiger partial charge in [-0.3, -0.25) is 0 Å². The summed E-state index contributed by atoms with van der Waals surface area (Å²) < 4.78 is 16.1. The summed E-state index contributed by atoms with van der Waals surface area (Å²) in [6.07, 6.45) is 3.39. The lowest BCUT2D eigenvalue weighted by Crippen LogP contribution is -2.17. The van der Waals surface area contributed by atoms with Gasteiger partial charge in [-0.25, -0.2) is 14.1 Å². The molecule has 1 N–H and O–H groups in total. The maximum Gasteiger partial charge on any atom is 0.157 e. The van der Waals surface area contributed by atoms with Gasteiger partial charge in [0, 0.05) is 41.3 Å². The Morgan fingerprint density at radius 3 is 2.65 bits per heavy atom. The first-order valence-corrected chi connectivity index (χ1v) is 8.71. The highest BCUT2D eigenvalue weighted by Gasteiger charge is 2.21. The van der Waals surface area contributed by atoms with Crippen molar-refractivity contribution in [3.8, 4) is 16.9 Å². The van der Waals surface area contributed by atoms with Crippen LogP contribution in [0.25, 0.3) is 16.9 Å². The zero-order valence-corrected chi connectivity index (χ0v) is 15.8. The summed E-state index contributed by atoms with van der Waals surface area (Å²) >= 11 is 12.7. The molecule has 1 aromatic carbocycles. The molecule has 0 saturated heterocycles. The maximum atomic E-state index is 14.5. The van der Waals surface area contributed by atoms with Crippen LogP contribution >= 0.6 is 23.2 Å². The van der Waals surface area contributed by atoms with Crippen molar-refractivity contribution in [2.45, 2.75) is 19.9 Å². The molecule has 0 saturated carbocycles. The first kappa shape index (κ1) is 18.4.